The van der Waals surface area contributed by atoms with E-state index in [1.54, 1.807) is 7.11 Å². The predicted molar refractivity (Wildman–Crippen MR) is 88.6 cm³/mol. The van der Waals surface area contributed by atoms with E-state index in [0.29, 0.717) is 12.1 Å². The highest BCUT2D eigenvalue weighted by Gasteiger charge is 2.30. The van der Waals surface area contributed by atoms with Crippen LogP contribution >= 0.6 is 0 Å². The van der Waals surface area contributed by atoms with E-state index in [4.69, 9.17) is 10.5 Å². The van der Waals surface area contributed by atoms with E-state index in [9.17, 15) is 0 Å². The Hall–Kier alpha value is -1.06. The first kappa shape index (κ1) is 16.3. The molecule has 1 fully saturated rings. The second kappa shape index (κ2) is 7.28. The van der Waals surface area contributed by atoms with Crippen molar-refractivity contribution in [3.8, 4) is 5.75 Å². The van der Waals surface area contributed by atoms with Gasteiger partial charge in [0.1, 0.15) is 5.75 Å². The highest BCUT2D eigenvalue weighted by molar-refractivity contribution is 5.29. The highest BCUT2D eigenvalue weighted by atomic mass is 16.5. The maximum Gasteiger partial charge on any atom is 0.118 e. The number of rotatable bonds is 5. The molecule has 1 saturated carbocycles. The second-order valence-electron chi connectivity index (χ2n) is 6.53. The fourth-order valence-electron chi connectivity index (χ4n) is 3.56. The van der Waals surface area contributed by atoms with Crippen LogP contribution in [0.1, 0.15) is 51.1 Å². The number of hydrogen-bond donors (Lipinski definition) is 1. The third-order valence-electron chi connectivity index (χ3n) is 5.25. The van der Waals surface area contributed by atoms with Crippen LogP contribution in [0.15, 0.2) is 24.3 Å². The molecular formula is C18H30N2O. The van der Waals surface area contributed by atoms with Crippen molar-refractivity contribution < 1.29 is 4.74 Å². The molecule has 118 valence electrons. The van der Waals surface area contributed by atoms with Gasteiger partial charge in [0.25, 0.3) is 0 Å². The lowest BCUT2D eigenvalue weighted by Gasteiger charge is -2.41. The summed E-state index contributed by atoms with van der Waals surface area (Å²) in [6.07, 6.45) is 5.38. The van der Waals surface area contributed by atoms with Crippen molar-refractivity contribution in [3.05, 3.63) is 29.8 Å². The van der Waals surface area contributed by atoms with Gasteiger partial charge in [0.05, 0.1) is 7.11 Å². The molecule has 0 amide bonds. The van der Waals surface area contributed by atoms with Gasteiger partial charge in [-0.1, -0.05) is 31.9 Å². The number of methoxy groups -OCH3 is 1. The fraction of sp³-hybridized carbons (Fsp3) is 0.667. The normalized spacial score (nSPS) is 25.6. The second-order valence-corrected chi connectivity index (χ2v) is 6.53. The summed E-state index contributed by atoms with van der Waals surface area (Å²) in [5.74, 6) is 1.65. The predicted octanol–water partition coefficient (Wildman–Crippen LogP) is 3.59. The maximum atomic E-state index is 6.50. The fourth-order valence-corrected chi connectivity index (χ4v) is 3.56. The molecule has 0 heterocycles. The van der Waals surface area contributed by atoms with Crippen LogP contribution in [-0.2, 0) is 0 Å². The van der Waals surface area contributed by atoms with E-state index in [1.807, 2.05) is 12.1 Å². The molecule has 0 radical (unpaired) electrons. The zero-order chi connectivity index (χ0) is 15.4. The Balaban J connectivity index is 2.04. The molecule has 0 aromatic heterocycles. The molecule has 3 nitrogen and oxygen atoms in total. The Labute approximate surface area is 129 Å². The van der Waals surface area contributed by atoms with E-state index >= 15 is 0 Å². The lowest BCUT2D eigenvalue weighted by molar-refractivity contribution is 0.0916. The lowest BCUT2D eigenvalue weighted by atomic mass is 9.84. The lowest BCUT2D eigenvalue weighted by Crippen LogP contribution is -2.47. The summed E-state index contributed by atoms with van der Waals surface area (Å²) in [5, 5.41) is 0. The molecule has 0 aliphatic heterocycles. The van der Waals surface area contributed by atoms with E-state index < -0.39 is 0 Å². The highest BCUT2D eigenvalue weighted by Crippen LogP contribution is 2.31. The minimum absolute atomic E-state index is 0.0371. The number of hydrogen-bond acceptors (Lipinski definition) is 3. The van der Waals surface area contributed by atoms with E-state index in [-0.39, 0.29) is 6.04 Å². The average molecular weight is 290 g/mol. The summed E-state index contributed by atoms with van der Waals surface area (Å²) < 4.78 is 5.21. The first-order valence-electron chi connectivity index (χ1n) is 8.16. The van der Waals surface area contributed by atoms with Gasteiger partial charge in [-0.3, -0.25) is 4.90 Å². The minimum atomic E-state index is 0.0371. The van der Waals surface area contributed by atoms with Gasteiger partial charge in [-0.2, -0.15) is 0 Å². The molecule has 1 aliphatic rings. The molecule has 2 rings (SSSR count). The monoisotopic (exact) mass is 290 g/mol. The van der Waals surface area contributed by atoms with Crippen LogP contribution in [0.3, 0.4) is 0 Å². The van der Waals surface area contributed by atoms with Gasteiger partial charge < -0.3 is 10.5 Å². The van der Waals surface area contributed by atoms with Crippen molar-refractivity contribution in [2.45, 2.75) is 57.7 Å². The number of benzene rings is 1. The molecule has 21 heavy (non-hydrogen) atoms. The molecule has 3 heteroatoms. The quantitative estimate of drug-likeness (QED) is 0.900. The topological polar surface area (TPSA) is 38.5 Å². The zero-order valence-corrected chi connectivity index (χ0v) is 13.9. The van der Waals surface area contributed by atoms with Gasteiger partial charge in [-0.15, -0.1) is 0 Å². The molecule has 1 aromatic rings. The van der Waals surface area contributed by atoms with Crippen LogP contribution in [0.25, 0.3) is 0 Å². The van der Waals surface area contributed by atoms with E-state index in [0.717, 1.165) is 11.7 Å². The Morgan fingerprint density at radius 1 is 1.19 bits per heavy atom. The molecule has 4 unspecified atom stereocenters. The summed E-state index contributed by atoms with van der Waals surface area (Å²) in [5.41, 5.74) is 7.68. The number of likely N-dealkylation sites (N-methyl/N-ethyl adjacent to an activating group) is 1. The number of ether oxygens (including phenoxy) is 1. The molecular weight excluding hydrogens is 260 g/mol. The molecule has 2 N–H and O–H groups in total. The molecule has 1 aliphatic carbocycles. The summed E-state index contributed by atoms with van der Waals surface area (Å²) in [7, 11) is 3.93. The van der Waals surface area contributed by atoms with Gasteiger partial charge in [0, 0.05) is 18.1 Å². The van der Waals surface area contributed by atoms with Crippen LogP contribution in [0.4, 0.5) is 0 Å². The number of nitrogens with zero attached hydrogens (tertiary/aromatic N) is 1. The van der Waals surface area contributed by atoms with Gasteiger partial charge in [-0.05, 0) is 50.4 Å². The standard InChI is InChI=1S/C18H30N2O/c1-13-7-5-6-8-17(13)20(3)14(2)18(19)15-9-11-16(21-4)12-10-15/h9-14,17-18H,5-8,19H2,1-4H3. The van der Waals surface area contributed by atoms with Crippen LogP contribution in [0.5, 0.6) is 5.75 Å². The van der Waals surface area contributed by atoms with E-state index in [1.165, 1.54) is 31.2 Å². The minimum Gasteiger partial charge on any atom is -0.497 e. The molecule has 0 saturated heterocycles. The van der Waals surface area contributed by atoms with Gasteiger partial charge >= 0.3 is 0 Å². The molecule has 4 atom stereocenters. The Morgan fingerprint density at radius 3 is 2.38 bits per heavy atom. The van der Waals surface area contributed by atoms with Gasteiger partial charge in [0.15, 0.2) is 0 Å². The Bertz CT molecular complexity index is 431. The van der Waals surface area contributed by atoms with Crippen molar-refractivity contribution in [1.29, 1.82) is 0 Å². The van der Waals surface area contributed by atoms with Crippen LogP contribution in [-0.4, -0.2) is 31.1 Å². The maximum absolute atomic E-state index is 6.50. The SMILES string of the molecule is COc1ccc(C(N)C(C)N(C)C2CCCCC2C)cc1. The first-order valence-corrected chi connectivity index (χ1v) is 8.16. The summed E-state index contributed by atoms with van der Waals surface area (Å²) in [6, 6.07) is 9.18. The zero-order valence-electron chi connectivity index (χ0n) is 13.9. The summed E-state index contributed by atoms with van der Waals surface area (Å²) in [6.45, 7) is 4.63. The van der Waals surface area contributed by atoms with Crippen LogP contribution in [0, 0.1) is 5.92 Å². The Morgan fingerprint density at radius 2 is 1.81 bits per heavy atom. The summed E-state index contributed by atoms with van der Waals surface area (Å²) >= 11 is 0. The van der Waals surface area contributed by atoms with E-state index in [2.05, 4.69) is 37.9 Å². The molecule has 0 bridgehead atoms. The third kappa shape index (κ3) is 3.78. The van der Waals surface area contributed by atoms with Crippen molar-refractivity contribution in [2.75, 3.05) is 14.2 Å². The van der Waals surface area contributed by atoms with Crippen molar-refractivity contribution in [3.63, 3.8) is 0 Å². The third-order valence-corrected chi connectivity index (χ3v) is 5.25. The van der Waals surface area contributed by atoms with Gasteiger partial charge in [-0.25, -0.2) is 0 Å². The van der Waals surface area contributed by atoms with Crippen molar-refractivity contribution >= 4 is 0 Å². The van der Waals surface area contributed by atoms with Crippen LogP contribution < -0.4 is 10.5 Å². The average Bonchev–Trinajstić information content (AvgIpc) is 2.53. The first-order chi connectivity index (χ1) is 10.0. The Kier molecular flexibility index (Phi) is 5.65. The molecule has 0 spiro atoms. The van der Waals surface area contributed by atoms with Gasteiger partial charge in [0.2, 0.25) is 0 Å². The van der Waals surface area contributed by atoms with Crippen molar-refractivity contribution in [1.82, 2.24) is 4.90 Å². The molecule has 1 aromatic carbocycles. The largest absolute Gasteiger partial charge is 0.497 e. The van der Waals surface area contributed by atoms with Crippen molar-refractivity contribution in [2.24, 2.45) is 11.7 Å². The summed E-state index contributed by atoms with van der Waals surface area (Å²) in [4.78, 5) is 2.50. The number of nitrogens with two attached hydrogens (primary N) is 1. The smallest absolute Gasteiger partial charge is 0.118 e. The van der Waals surface area contributed by atoms with Crippen LogP contribution in [0.2, 0.25) is 0 Å².